The molecule has 1 aromatic carbocycles. The Balaban J connectivity index is 1.70. The van der Waals surface area contributed by atoms with Crippen LogP contribution in [0.4, 0.5) is 4.79 Å². The van der Waals surface area contributed by atoms with Crippen LogP contribution >= 0.6 is 0 Å². The Bertz CT molecular complexity index is 723. The summed E-state index contributed by atoms with van der Waals surface area (Å²) >= 11 is 0. The van der Waals surface area contributed by atoms with Gasteiger partial charge in [-0.1, -0.05) is 26.0 Å². The van der Waals surface area contributed by atoms with Crippen LogP contribution < -0.4 is 4.74 Å². The van der Waals surface area contributed by atoms with E-state index in [0.29, 0.717) is 25.3 Å². The maximum absolute atomic E-state index is 12.9. The minimum absolute atomic E-state index is 0.0342. The van der Waals surface area contributed by atoms with Gasteiger partial charge in [0.2, 0.25) is 0 Å². The van der Waals surface area contributed by atoms with Gasteiger partial charge >= 0.3 is 6.03 Å². The number of imide groups is 1. The molecule has 2 fully saturated rings. The fourth-order valence-electron chi connectivity index (χ4n) is 4.36. The van der Waals surface area contributed by atoms with Crippen molar-refractivity contribution in [1.82, 2.24) is 14.7 Å². The van der Waals surface area contributed by atoms with Crippen LogP contribution in [0.25, 0.3) is 0 Å². The quantitative estimate of drug-likeness (QED) is 0.745. The zero-order valence-corrected chi connectivity index (χ0v) is 17.1. The summed E-state index contributed by atoms with van der Waals surface area (Å²) < 4.78 is 5.34. The minimum atomic E-state index is -0.650. The second kappa shape index (κ2) is 7.50. The Morgan fingerprint density at radius 1 is 1.19 bits per heavy atom. The molecule has 0 atom stereocenters. The predicted octanol–water partition coefficient (Wildman–Crippen LogP) is 2.89. The summed E-state index contributed by atoms with van der Waals surface area (Å²) in [5, 5.41) is 0. The van der Waals surface area contributed by atoms with Crippen LogP contribution in [0.15, 0.2) is 18.2 Å². The molecule has 27 heavy (non-hydrogen) atoms. The van der Waals surface area contributed by atoms with Crippen LogP contribution in [0.1, 0.15) is 37.8 Å². The molecule has 0 aliphatic carbocycles. The van der Waals surface area contributed by atoms with Gasteiger partial charge in [-0.05, 0) is 42.9 Å². The molecule has 0 bridgehead atoms. The zero-order valence-electron chi connectivity index (χ0n) is 17.1. The number of rotatable bonds is 5. The minimum Gasteiger partial charge on any atom is -0.496 e. The van der Waals surface area contributed by atoms with Crippen molar-refractivity contribution in [3.05, 3.63) is 29.3 Å². The van der Waals surface area contributed by atoms with Gasteiger partial charge in [0.1, 0.15) is 11.3 Å². The van der Waals surface area contributed by atoms with Crippen LogP contribution in [0.5, 0.6) is 5.75 Å². The zero-order chi connectivity index (χ0) is 19.8. The van der Waals surface area contributed by atoms with Gasteiger partial charge in [-0.15, -0.1) is 0 Å². The molecule has 0 unspecified atom stereocenters. The summed E-state index contributed by atoms with van der Waals surface area (Å²) in [5.41, 5.74) is 1.72. The second-order valence-electron chi connectivity index (χ2n) is 8.26. The molecule has 6 heteroatoms. The van der Waals surface area contributed by atoms with Gasteiger partial charge in [-0.25, -0.2) is 4.79 Å². The fourth-order valence-corrected chi connectivity index (χ4v) is 4.36. The van der Waals surface area contributed by atoms with E-state index in [1.54, 1.807) is 14.2 Å². The van der Waals surface area contributed by atoms with E-state index in [2.05, 4.69) is 37.8 Å². The summed E-state index contributed by atoms with van der Waals surface area (Å²) in [6.45, 7) is 9.33. The van der Waals surface area contributed by atoms with Crippen molar-refractivity contribution >= 4 is 11.9 Å². The molecule has 0 N–H and O–H groups in total. The molecule has 1 aromatic rings. The van der Waals surface area contributed by atoms with Crippen molar-refractivity contribution in [2.75, 3.05) is 33.8 Å². The van der Waals surface area contributed by atoms with Gasteiger partial charge in [-0.2, -0.15) is 0 Å². The molecule has 148 valence electrons. The average molecular weight is 373 g/mol. The standard InChI is InChI=1S/C21H31N3O3/c1-15(2)13-24-20(26)22(4)19(25)21(24)8-10-23(11-9-21)14-17-6-7-18(27-5)16(3)12-17/h6-7,12,15H,8-11,13-14H2,1-5H3. The lowest BCUT2D eigenvalue weighted by Crippen LogP contribution is -2.57. The Kier molecular flexibility index (Phi) is 5.47. The highest BCUT2D eigenvalue weighted by atomic mass is 16.5. The summed E-state index contributed by atoms with van der Waals surface area (Å²) in [7, 11) is 3.30. The van der Waals surface area contributed by atoms with Crippen LogP contribution in [-0.2, 0) is 11.3 Å². The number of hydrogen-bond donors (Lipinski definition) is 0. The Morgan fingerprint density at radius 3 is 2.41 bits per heavy atom. The predicted molar refractivity (Wildman–Crippen MR) is 105 cm³/mol. The van der Waals surface area contributed by atoms with Crippen LogP contribution in [-0.4, -0.2) is 66.0 Å². The van der Waals surface area contributed by atoms with E-state index in [9.17, 15) is 9.59 Å². The lowest BCUT2D eigenvalue weighted by molar-refractivity contribution is -0.135. The summed E-state index contributed by atoms with van der Waals surface area (Å²) in [6, 6.07) is 6.12. The average Bonchev–Trinajstić information content (AvgIpc) is 2.80. The first-order chi connectivity index (χ1) is 12.8. The van der Waals surface area contributed by atoms with E-state index in [1.807, 2.05) is 11.0 Å². The SMILES string of the molecule is COc1ccc(CN2CCC3(CC2)C(=O)N(C)C(=O)N3CC(C)C)cc1C. The molecular weight excluding hydrogens is 342 g/mol. The Hall–Kier alpha value is -2.08. The van der Waals surface area contributed by atoms with E-state index in [-0.39, 0.29) is 11.9 Å². The normalized spacial score (nSPS) is 20.2. The molecule has 0 radical (unpaired) electrons. The number of aryl methyl sites for hydroxylation is 1. The van der Waals surface area contributed by atoms with Gasteiger partial charge in [0.05, 0.1) is 7.11 Å². The number of ether oxygens (including phenoxy) is 1. The van der Waals surface area contributed by atoms with E-state index >= 15 is 0 Å². The van der Waals surface area contributed by atoms with E-state index in [0.717, 1.165) is 30.9 Å². The molecule has 2 aliphatic heterocycles. The molecule has 0 aromatic heterocycles. The van der Waals surface area contributed by atoms with Crippen molar-refractivity contribution in [2.45, 2.75) is 45.7 Å². The van der Waals surface area contributed by atoms with Crippen molar-refractivity contribution in [3.63, 3.8) is 0 Å². The molecule has 1 spiro atoms. The van der Waals surface area contributed by atoms with Crippen molar-refractivity contribution in [3.8, 4) is 5.75 Å². The lowest BCUT2D eigenvalue weighted by atomic mass is 9.85. The first-order valence-electron chi connectivity index (χ1n) is 9.74. The Labute approximate surface area is 162 Å². The monoisotopic (exact) mass is 373 g/mol. The number of benzene rings is 1. The number of amides is 3. The lowest BCUT2D eigenvalue weighted by Gasteiger charge is -2.42. The molecule has 2 heterocycles. The van der Waals surface area contributed by atoms with Crippen LogP contribution in [0.3, 0.4) is 0 Å². The molecule has 6 nitrogen and oxygen atoms in total. The van der Waals surface area contributed by atoms with Crippen LogP contribution in [0, 0.1) is 12.8 Å². The first-order valence-corrected chi connectivity index (χ1v) is 9.74. The maximum Gasteiger partial charge on any atom is 0.327 e. The molecule has 2 aliphatic rings. The number of nitrogens with zero attached hydrogens (tertiary/aromatic N) is 3. The van der Waals surface area contributed by atoms with E-state index in [4.69, 9.17) is 4.74 Å². The van der Waals surface area contributed by atoms with Gasteiger partial charge in [0, 0.05) is 33.2 Å². The number of methoxy groups -OCH3 is 1. The summed E-state index contributed by atoms with van der Waals surface area (Å²) in [6.07, 6.45) is 1.40. The molecular formula is C21H31N3O3. The topological polar surface area (TPSA) is 53.1 Å². The Morgan fingerprint density at radius 2 is 1.85 bits per heavy atom. The number of carbonyl (C=O) groups is 2. The van der Waals surface area contributed by atoms with Crippen molar-refractivity contribution in [2.24, 2.45) is 5.92 Å². The number of urea groups is 1. The third-order valence-corrected chi connectivity index (χ3v) is 5.83. The summed E-state index contributed by atoms with van der Waals surface area (Å²) in [4.78, 5) is 31.0. The number of likely N-dealkylation sites (N-methyl/N-ethyl adjacent to an activating group) is 1. The fraction of sp³-hybridized carbons (Fsp3) is 0.619. The molecule has 2 saturated heterocycles. The van der Waals surface area contributed by atoms with E-state index in [1.165, 1.54) is 10.5 Å². The second-order valence-corrected chi connectivity index (χ2v) is 8.26. The number of hydrogen-bond acceptors (Lipinski definition) is 4. The third kappa shape index (κ3) is 3.55. The highest BCUT2D eigenvalue weighted by Gasteiger charge is 2.56. The van der Waals surface area contributed by atoms with Gasteiger partial charge < -0.3 is 9.64 Å². The highest BCUT2D eigenvalue weighted by molar-refractivity contribution is 6.06. The number of piperidine rings is 1. The molecule has 3 amide bonds. The third-order valence-electron chi connectivity index (χ3n) is 5.83. The van der Waals surface area contributed by atoms with Crippen LogP contribution in [0.2, 0.25) is 0 Å². The largest absolute Gasteiger partial charge is 0.496 e. The smallest absolute Gasteiger partial charge is 0.327 e. The van der Waals surface area contributed by atoms with Gasteiger partial charge in [0.25, 0.3) is 5.91 Å². The summed E-state index contributed by atoms with van der Waals surface area (Å²) in [5.74, 6) is 1.21. The van der Waals surface area contributed by atoms with Gasteiger partial charge in [-0.3, -0.25) is 14.6 Å². The van der Waals surface area contributed by atoms with Crippen molar-refractivity contribution < 1.29 is 14.3 Å². The molecule has 3 rings (SSSR count). The highest BCUT2D eigenvalue weighted by Crippen LogP contribution is 2.37. The molecule has 0 saturated carbocycles. The van der Waals surface area contributed by atoms with Crippen molar-refractivity contribution in [1.29, 1.82) is 0 Å². The first kappa shape index (κ1) is 19.7. The van der Waals surface area contributed by atoms with E-state index < -0.39 is 5.54 Å². The number of carbonyl (C=O) groups excluding carboxylic acids is 2. The van der Waals surface area contributed by atoms with Gasteiger partial charge in [0.15, 0.2) is 0 Å². The maximum atomic E-state index is 12.9. The number of likely N-dealkylation sites (tertiary alicyclic amines) is 1.